The Balaban J connectivity index is 1.57. The number of ketones is 1. The highest BCUT2D eigenvalue weighted by Gasteiger charge is 2.72. The number of carbonyl (C=O) groups is 1. The lowest BCUT2D eigenvalue weighted by Gasteiger charge is -2.62. The van der Waals surface area contributed by atoms with Crippen LogP contribution in [0.4, 0.5) is 4.53 Å². The van der Waals surface area contributed by atoms with Crippen molar-refractivity contribution in [2.45, 2.75) is 76.8 Å². The third kappa shape index (κ3) is 2.52. The van der Waals surface area contributed by atoms with Crippen molar-refractivity contribution >= 4 is 51.0 Å². The number of hydrogen-bond donors (Lipinski definition) is 0. The Hall–Kier alpha value is 0.460. The van der Waals surface area contributed by atoms with Gasteiger partial charge in [0.2, 0.25) is 0 Å². The zero-order valence-electron chi connectivity index (χ0n) is 16.2. The van der Waals surface area contributed by atoms with E-state index in [1.165, 1.54) is 5.57 Å². The van der Waals surface area contributed by atoms with Crippen LogP contribution in [0.25, 0.3) is 0 Å². The third-order valence-electron chi connectivity index (χ3n) is 8.63. The van der Waals surface area contributed by atoms with Crippen molar-refractivity contribution in [1.29, 1.82) is 0 Å². The number of carbonyl (C=O) groups excluding carboxylic acids is 1. The predicted molar refractivity (Wildman–Crippen MR) is 122 cm³/mol. The van der Waals surface area contributed by atoms with E-state index in [9.17, 15) is 9.32 Å². The van der Waals surface area contributed by atoms with Crippen LogP contribution in [-0.2, 0) is 14.5 Å². The number of rotatable bonds is 2. The van der Waals surface area contributed by atoms with Crippen LogP contribution in [0.3, 0.4) is 0 Å². The SMILES string of the molecule is CC1C=C[C@@]2(CCC3C4(I)CCC5=CC(=O)CCC5(I)C4CCC32COF)O1. The minimum atomic E-state index is -0.386. The van der Waals surface area contributed by atoms with Crippen molar-refractivity contribution in [2.24, 2.45) is 17.3 Å². The first-order chi connectivity index (χ1) is 13.3. The second-order valence-electron chi connectivity index (χ2n) is 9.59. The molecule has 0 aromatic rings. The molecule has 0 aromatic heterocycles. The van der Waals surface area contributed by atoms with E-state index in [-0.39, 0.29) is 36.4 Å². The molecule has 1 heterocycles. The van der Waals surface area contributed by atoms with E-state index in [0.717, 1.165) is 44.9 Å². The van der Waals surface area contributed by atoms with Crippen molar-refractivity contribution < 1.29 is 19.0 Å². The number of ether oxygens (including phenoxy) is 1. The minimum absolute atomic E-state index is 0.0727. The molecule has 0 aromatic carbocycles. The van der Waals surface area contributed by atoms with Crippen molar-refractivity contribution in [3.63, 3.8) is 0 Å². The van der Waals surface area contributed by atoms with Crippen LogP contribution in [0.2, 0.25) is 0 Å². The summed E-state index contributed by atoms with van der Waals surface area (Å²) in [4.78, 5) is 16.5. The highest BCUT2D eigenvalue weighted by atomic mass is 127. The Bertz CT molecular complexity index is 769. The fraction of sp³-hybridized carbons (Fsp3) is 0.773. The average molecular weight is 612 g/mol. The van der Waals surface area contributed by atoms with Gasteiger partial charge in [0, 0.05) is 18.7 Å². The van der Waals surface area contributed by atoms with Gasteiger partial charge in [0.05, 0.1) is 18.3 Å². The maximum absolute atomic E-state index is 13.4. The van der Waals surface area contributed by atoms with Gasteiger partial charge in [-0.15, -0.1) is 0 Å². The first-order valence-corrected chi connectivity index (χ1v) is 12.7. The van der Waals surface area contributed by atoms with Gasteiger partial charge in [0.15, 0.2) is 5.78 Å². The molecule has 28 heavy (non-hydrogen) atoms. The molecule has 0 N–H and O–H groups in total. The first-order valence-electron chi connectivity index (χ1n) is 10.5. The van der Waals surface area contributed by atoms with E-state index in [0.29, 0.717) is 18.3 Å². The number of alkyl halides is 2. The predicted octanol–water partition coefficient (Wildman–Crippen LogP) is 5.84. The number of allylic oxidation sites excluding steroid dienone is 1. The maximum Gasteiger partial charge on any atom is 0.155 e. The molecule has 0 saturated heterocycles. The summed E-state index contributed by atoms with van der Waals surface area (Å²) < 4.78 is 20.1. The summed E-state index contributed by atoms with van der Waals surface area (Å²) >= 11 is 5.41. The minimum Gasteiger partial charge on any atom is -0.363 e. The van der Waals surface area contributed by atoms with E-state index >= 15 is 0 Å². The van der Waals surface area contributed by atoms with E-state index < -0.39 is 0 Å². The summed E-state index contributed by atoms with van der Waals surface area (Å²) in [6.45, 7) is 2.20. The Morgan fingerprint density at radius 2 is 1.96 bits per heavy atom. The van der Waals surface area contributed by atoms with Gasteiger partial charge >= 0.3 is 0 Å². The zero-order chi connectivity index (χ0) is 19.8. The molecule has 1 aliphatic heterocycles. The second-order valence-corrected chi connectivity index (χ2v) is 13.5. The lowest BCUT2D eigenvalue weighted by molar-refractivity contribution is -0.222. The molecule has 0 amide bonds. The fourth-order valence-electron chi connectivity index (χ4n) is 7.48. The van der Waals surface area contributed by atoms with Gasteiger partial charge in [-0.25, -0.2) is 0 Å². The first kappa shape index (κ1) is 20.4. The largest absolute Gasteiger partial charge is 0.363 e. The molecule has 3 saturated carbocycles. The van der Waals surface area contributed by atoms with Gasteiger partial charge in [0.25, 0.3) is 0 Å². The quantitative estimate of drug-likeness (QED) is 0.224. The highest BCUT2D eigenvalue weighted by Crippen LogP contribution is 2.72. The van der Waals surface area contributed by atoms with Crippen LogP contribution in [-0.4, -0.2) is 30.9 Å². The van der Waals surface area contributed by atoms with Gasteiger partial charge in [0.1, 0.15) is 0 Å². The van der Waals surface area contributed by atoms with Crippen LogP contribution < -0.4 is 0 Å². The maximum atomic E-state index is 13.4. The highest BCUT2D eigenvalue weighted by molar-refractivity contribution is 14.1. The molecule has 154 valence electrons. The smallest absolute Gasteiger partial charge is 0.155 e. The molecule has 4 aliphatic carbocycles. The van der Waals surface area contributed by atoms with Gasteiger partial charge in [-0.2, -0.15) is 4.94 Å². The standard InChI is InChI=1S/C22H27FI2O3/c1-14-2-8-20(28-14)9-6-17-19(20,13-27-23)7-5-18-21(24)11-4-16(26)12-15(21)3-10-22(17,18)25/h2,8,12,14,17-18H,3-7,9-11,13H2,1H3/t14?,17?,18?,19?,20-,21?,22?/m0/s1. The van der Waals surface area contributed by atoms with Gasteiger partial charge in [-0.1, -0.05) is 62.9 Å². The van der Waals surface area contributed by atoms with Crippen LogP contribution in [0.1, 0.15) is 58.3 Å². The van der Waals surface area contributed by atoms with Crippen LogP contribution in [0.5, 0.6) is 0 Å². The summed E-state index contributed by atoms with van der Waals surface area (Å²) in [6.07, 6.45) is 14.0. The van der Waals surface area contributed by atoms with E-state index in [1.807, 2.05) is 6.08 Å². The van der Waals surface area contributed by atoms with Crippen LogP contribution >= 0.6 is 45.2 Å². The summed E-state index contributed by atoms with van der Waals surface area (Å²) in [6, 6.07) is 0. The lowest BCUT2D eigenvalue weighted by Crippen LogP contribution is -2.64. The molecule has 6 unspecified atom stereocenters. The normalized spacial score (nSPS) is 52.4. The fourth-order valence-corrected chi connectivity index (χ4v) is 11.7. The second kappa shape index (κ2) is 6.73. The molecule has 1 spiro atoms. The molecule has 6 heteroatoms. The van der Waals surface area contributed by atoms with Crippen molar-refractivity contribution in [1.82, 2.24) is 0 Å². The van der Waals surface area contributed by atoms with E-state index in [2.05, 4.69) is 69.2 Å². The van der Waals surface area contributed by atoms with Crippen molar-refractivity contribution in [3.05, 3.63) is 23.8 Å². The molecular formula is C22H27FI2O3. The van der Waals surface area contributed by atoms with E-state index in [4.69, 9.17) is 4.74 Å². The molecular weight excluding hydrogens is 585 g/mol. The summed E-state index contributed by atoms with van der Waals surface area (Å²) in [5.41, 5.74) is 0.678. The zero-order valence-corrected chi connectivity index (χ0v) is 20.5. The molecule has 5 rings (SSSR count). The lowest BCUT2D eigenvalue weighted by atomic mass is 9.50. The van der Waals surface area contributed by atoms with Gasteiger partial charge in [-0.3, -0.25) is 4.79 Å². The Kier molecular flexibility index (Phi) is 4.89. The molecule has 3 fully saturated rings. The number of halogens is 3. The molecule has 7 atom stereocenters. The van der Waals surface area contributed by atoms with Crippen LogP contribution in [0.15, 0.2) is 23.8 Å². The average Bonchev–Trinajstić information content (AvgIpc) is 3.18. The number of hydrogen-bond acceptors (Lipinski definition) is 3. The van der Waals surface area contributed by atoms with Gasteiger partial charge < -0.3 is 4.74 Å². The Morgan fingerprint density at radius 3 is 2.68 bits per heavy atom. The summed E-state index contributed by atoms with van der Waals surface area (Å²) in [5.74, 6) is 1.18. The molecule has 5 aliphatic rings. The Morgan fingerprint density at radius 1 is 1.18 bits per heavy atom. The molecule has 0 bridgehead atoms. The Labute approximate surface area is 193 Å². The van der Waals surface area contributed by atoms with E-state index in [1.54, 1.807) is 0 Å². The molecule has 0 radical (unpaired) electrons. The van der Waals surface area contributed by atoms with Crippen LogP contribution in [0, 0.1) is 17.3 Å². The van der Waals surface area contributed by atoms with Crippen molar-refractivity contribution in [2.75, 3.05) is 6.61 Å². The topological polar surface area (TPSA) is 35.5 Å². The van der Waals surface area contributed by atoms with Crippen molar-refractivity contribution in [3.8, 4) is 0 Å². The summed E-state index contributed by atoms with van der Waals surface area (Å²) in [7, 11) is 0. The third-order valence-corrected chi connectivity index (χ3v) is 12.7. The summed E-state index contributed by atoms with van der Waals surface area (Å²) in [5, 5.41) is 0. The van der Waals surface area contributed by atoms with Gasteiger partial charge in [-0.05, 0) is 74.3 Å². The number of fused-ring (bicyclic) bond motifs is 6. The molecule has 3 nitrogen and oxygen atoms in total. The monoisotopic (exact) mass is 612 g/mol.